The molecule has 2 heterocycles. The van der Waals surface area contributed by atoms with Gasteiger partial charge in [-0.15, -0.1) is 0 Å². The molecule has 22 heavy (non-hydrogen) atoms. The van der Waals surface area contributed by atoms with E-state index in [4.69, 9.17) is 0 Å². The summed E-state index contributed by atoms with van der Waals surface area (Å²) in [6.07, 6.45) is 1.63. The maximum absolute atomic E-state index is 12.0. The number of pyridine rings is 1. The third kappa shape index (κ3) is 3.07. The SMILES string of the molecule is Cc1cccnc1C(=O)NCCNc1nsc2ccccc12. The Morgan fingerprint density at radius 2 is 2.05 bits per heavy atom. The fourth-order valence-electron chi connectivity index (χ4n) is 2.18. The standard InChI is InChI=1S/C16H16N4OS/c1-11-5-4-8-17-14(11)16(21)19-10-9-18-15-12-6-2-3-7-13(12)22-20-15/h2-8H,9-10H2,1H3,(H,18,20)(H,19,21). The Morgan fingerprint density at radius 3 is 2.91 bits per heavy atom. The molecule has 1 amide bonds. The quantitative estimate of drug-likeness (QED) is 0.711. The van der Waals surface area contributed by atoms with Gasteiger partial charge in [0.25, 0.3) is 5.91 Å². The fraction of sp³-hybridized carbons (Fsp3) is 0.188. The van der Waals surface area contributed by atoms with Gasteiger partial charge < -0.3 is 10.6 Å². The van der Waals surface area contributed by atoms with E-state index in [9.17, 15) is 4.79 Å². The summed E-state index contributed by atoms with van der Waals surface area (Å²) in [5, 5.41) is 7.23. The number of benzene rings is 1. The number of fused-ring (bicyclic) bond motifs is 1. The molecule has 112 valence electrons. The van der Waals surface area contributed by atoms with E-state index in [-0.39, 0.29) is 5.91 Å². The average molecular weight is 312 g/mol. The summed E-state index contributed by atoms with van der Waals surface area (Å²) in [4.78, 5) is 16.1. The highest BCUT2D eigenvalue weighted by Gasteiger charge is 2.09. The molecular weight excluding hydrogens is 296 g/mol. The van der Waals surface area contributed by atoms with E-state index in [1.54, 1.807) is 6.20 Å². The Labute approximate surface area is 132 Å². The number of hydrogen-bond donors (Lipinski definition) is 2. The summed E-state index contributed by atoms with van der Waals surface area (Å²) in [5.41, 5.74) is 1.35. The molecule has 2 N–H and O–H groups in total. The molecule has 0 radical (unpaired) electrons. The minimum atomic E-state index is -0.150. The van der Waals surface area contributed by atoms with Crippen LogP contribution in [0.15, 0.2) is 42.6 Å². The van der Waals surface area contributed by atoms with Gasteiger partial charge in [-0.3, -0.25) is 9.78 Å². The van der Waals surface area contributed by atoms with Crippen LogP contribution >= 0.6 is 11.5 Å². The molecule has 6 heteroatoms. The number of hydrogen-bond acceptors (Lipinski definition) is 5. The minimum absolute atomic E-state index is 0.150. The molecule has 0 saturated carbocycles. The lowest BCUT2D eigenvalue weighted by Gasteiger charge is -2.07. The van der Waals surface area contributed by atoms with Gasteiger partial charge in [0.2, 0.25) is 0 Å². The number of nitrogens with zero attached hydrogens (tertiary/aromatic N) is 2. The van der Waals surface area contributed by atoms with Crippen molar-refractivity contribution in [3.63, 3.8) is 0 Å². The number of nitrogens with one attached hydrogen (secondary N) is 2. The van der Waals surface area contributed by atoms with E-state index in [0.29, 0.717) is 18.8 Å². The van der Waals surface area contributed by atoms with Crippen LogP contribution in [0.1, 0.15) is 16.1 Å². The summed E-state index contributed by atoms with van der Waals surface area (Å²) in [6, 6.07) is 11.8. The van der Waals surface area contributed by atoms with Gasteiger partial charge in [0.1, 0.15) is 11.5 Å². The van der Waals surface area contributed by atoms with Crippen molar-refractivity contribution in [3.05, 3.63) is 53.9 Å². The maximum atomic E-state index is 12.0. The average Bonchev–Trinajstić information content (AvgIpc) is 2.95. The molecule has 0 aliphatic carbocycles. The van der Waals surface area contributed by atoms with Crippen molar-refractivity contribution in [2.75, 3.05) is 18.4 Å². The molecule has 3 rings (SSSR count). The first-order valence-electron chi connectivity index (χ1n) is 7.04. The normalized spacial score (nSPS) is 10.6. The summed E-state index contributed by atoms with van der Waals surface area (Å²) in [5.74, 6) is 0.715. The largest absolute Gasteiger partial charge is 0.367 e. The molecule has 0 spiro atoms. The monoisotopic (exact) mass is 312 g/mol. The lowest BCUT2D eigenvalue weighted by molar-refractivity contribution is 0.0949. The molecule has 0 fully saturated rings. The lowest BCUT2D eigenvalue weighted by Crippen LogP contribution is -2.30. The zero-order valence-corrected chi connectivity index (χ0v) is 13.0. The van der Waals surface area contributed by atoms with Crippen LogP contribution in [0.2, 0.25) is 0 Å². The lowest BCUT2D eigenvalue weighted by atomic mass is 10.2. The van der Waals surface area contributed by atoms with Gasteiger partial charge in [-0.2, -0.15) is 4.37 Å². The third-order valence-electron chi connectivity index (χ3n) is 3.30. The van der Waals surface area contributed by atoms with Gasteiger partial charge in [0.05, 0.1) is 4.70 Å². The summed E-state index contributed by atoms with van der Waals surface area (Å²) in [7, 11) is 0. The van der Waals surface area contributed by atoms with Crippen molar-refractivity contribution in [2.24, 2.45) is 0 Å². The second kappa shape index (κ2) is 6.53. The van der Waals surface area contributed by atoms with E-state index >= 15 is 0 Å². The van der Waals surface area contributed by atoms with Crippen LogP contribution in [0.4, 0.5) is 5.82 Å². The maximum Gasteiger partial charge on any atom is 0.270 e. The number of aryl methyl sites for hydroxylation is 1. The first-order chi connectivity index (χ1) is 10.8. The van der Waals surface area contributed by atoms with Gasteiger partial charge in [-0.05, 0) is 42.2 Å². The van der Waals surface area contributed by atoms with Crippen molar-refractivity contribution in [1.29, 1.82) is 0 Å². The van der Waals surface area contributed by atoms with E-state index in [1.165, 1.54) is 11.5 Å². The van der Waals surface area contributed by atoms with Crippen molar-refractivity contribution in [1.82, 2.24) is 14.7 Å². The van der Waals surface area contributed by atoms with Gasteiger partial charge in [0.15, 0.2) is 0 Å². The highest BCUT2D eigenvalue weighted by molar-refractivity contribution is 7.13. The molecular formula is C16H16N4OS. The second-order valence-corrected chi connectivity index (χ2v) is 5.68. The summed E-state index contributed by atoms with van der Waals surface area (Å²) >= 11 is 1.47. The van der Waals surface area contributed by atoms with Crippen LogP contribution in [0.3, 0.4) is 0 Å². The molecule has 2 aromatic heterocycles. The van der Waals surface area contributed by atoms with Crippen molar-refractivity contribution in [2.45, 2.75) is 6.92 Å². The summed E-state index contributed by atoms with van der Waals surface area (Å²) < 4.78 is 5.54. The number of amides is 1. The Morgan fingerprint density at radius 1 is 1.18 bits per heavy atom. The Kier molecular flexibility index (Phi) is 4.29. The molecule has 0 aliphatic heterocycles. The molecule has 1 aromatic carbocycles. The summed E-state index contributed by atoms with van der Waals surface area (Å²) in [6.45, 7) is 3.01. The Balaban J connectivity index is 1.54. The van der Waals surface area contributed by atoms with E-state index in [0.717, 1.165) is 21.5 Å². The van der Waals surface area contributed by atoms with Crippen molar-refractivity contribution >= 4 is 33.3 Å². The van der Waals surface area contributed by atoms with Crippen LogP contribution in [0, 0.1) is 6.92 Å². The van der Waals surface area contributed by atoms with Crippen LogP contribution < -0.4 is 10.6 Å². The van der Waals surface area contributed by atoms with Gasteiger partial charge >= 0.3 is 0 Å². The zero-order chi connectivity index (χ0) is 15.4. The van der Waals surface area contributed by atoms with Crippen LogP contribution in [0.5, 0.6) is 0 Å². The Bertz CT molecular complexity index is 799. The smallest absolute Gasteiger partial charge is 0.270 e. The third-order valence-corrected chi connectivity index (χ3v) is 4.13. The van der Waals surface area contributed by atoms with Gasteiger partial charge in [-0.25, -0.2) is 0 Å². The highest BCUT2D eigenvalue weighted by Crippen LogP contribution is 2.25. The van der Waals surface area contributed by atoms with Gasteiger partial charge in [0, 0.05) is 24.7 Å². The molecule has 0 atom stereocenters. The molecule has 3 aromatic rings. The molecule has 0 unspecified atom stereocenters. The second-order valence-electron chi connectivity index (χ2n) is 4.88. The molecule has 0 aliphatic rings. The Hall–Kier alpha value is -2.47. The number of aromatic nitrogens is 2. The highest BCUT2D eigenvalue weighted by atomic mass is 32.1. The first kappa shape index (κ1) is 14.5. The van der Waals surface area contributed by atoms with Crippen LogP contribution in [0.25, 0.3) is 10.1 Å². The number of carbonyl (C=O) groups excluding carboxylic acids is 1. The fourth-order valence-corrected chi connectivity index (χ4v) is 2.93. The van der Waals surface area contributed by atoms with E-state index in [1.807, 2.05) is 43.3 Å². The predicted octanol–water partition coefficient (Wildman–Crippen LogP) is 2.84. The molecule has 5 nitrogen and oxygen atoms in total. The van der Waals surface area contributed by atoms with Crippen LogP contribution in [-0.2, 0) is 0 Å². The first-order valence-corrected chi connectivity index (χ1v) is 7.81. The van der Waals surface area contributed by atoms with E-state index < -0.39 is 0 Å². The molecule has 0 bridgehead atoms. The van der Waals surface area contributed by atoms with Gasteiger partial charge in [-0.1, -0.05) is 18.2 Å². The van der Waals surface area contributed by atoms with Crippen LogP contribution in [-0.4, -0.2) is 28.4 Å². The number of carbonyl (C=O) groups is 1. The number of anilines is 1. The van der Waals surface area contributed by atoms with Crippen molar-refractivity contribution in [3.8, 4) is 0 Å². The van der Waals surface area contributed by atoms with Crippen molar-refractivity contribution < 1.29 is 4.79 Å². The topological polar surface area (TPSA) is 66.9 Å². The molecule has 0 saturated heterocycles. The zero-order valence-electron chi connectivity index (χ0n) is 12.2. The minimum Gasteiger partial charge on any atom is -0.367 e. The number of rotatable bonds is 5. The van der Waals surface area contributed by atoms with E-state index in [2.05, 4.69) is 20.0 Å². The predicted molar refractivity (Wildman–Crippen MR) is 89.4 cm³/mol.